The monoisotopic (exact) mass is 532 g/mol. The summed E-state index contributed by atoms with van der Waals surface area (Å²) in [5, 5.41) is 4.05. The van der Waals surface area contributed by atoms with Crippen molar-refractivity contribution >= 4 is 27.8 Å². The van der Waals surface area contributed by atoms with Crippen LogP contribution in [0.3, 0.4) is 0 Å². The fourth-order valence-corrected chi connectivity index (χ4v) is 5.64. The highest BCUT2D eigenvalue weighted by atomic mass is 32.2. The van der Waals surface area contributed by atoms with Crippen molar-refractivity contribution in [1.82, 2.24) is 9.99 Å². The molecule has 0 atom stereocenters. The smallest absolute Gasteiger partial charge is 0.264 e. The molecule has 0 bridgehead atoms. The zero-order valence-electron chi connectivity index (χ0n) is 21.6. The van der Waals surface area contributed by atoms with E-state index in [4.69, 9.17) is 0 Å². The van der Waals surface area contributed by atoms with Gasteiger partial charge in [0.1, 0.15) is 12.4 Å². The molecule has 0 radical (unpaired) electrons. The Hall–Kier alpha value is -4.24. The molecule has 0 fully saturated rings. The molecule has 1 heterocycles. The minimum Gasteiger partial charge on any atom is -0.318 e. The predicted octanol–water partition coefficient (Wildman–Crippen LogP) is 5.20. The largest absolute Gasteiger partial charge is 0.318 e. The lowest BCUT2D eigenvalue weighted by molar-refractivity contribution is -0.119. The Morgan fingerprint density at radius 3 is 2.34 bits per heavy atom. The summed E-state index contributed by atoms with van der Waals surface area (Å²) in [6, 6.07) is 21.6. The number of halogens is 1. The summed E-state index contributed by atoms with van der Waals surface area (Å²) in [7, 11) is -4.23. The number of aromatic nitrogens is 1. The first-order valence-corrected chi connectivity index (χ1v) is 13.4. The highest BCUT2D eigenvalue weighted by Gasteiger charge is 2.29. The highest BCUT2D eigenvalue weighted by Crippen LogP contribution is 2.26. The van der Waals surface area contributed by atoms with Crippen molar-refractivity contribution in [2.24, 2.45) is 5.10 Å². The van der Waals surface area contributed by atoms with E-state index in [2.05, 4.69) is 21.2 Å². The molecular formula is C29H29FN4O3S. The molecule has 0 saturated heterocycles. The Morgan fingerprint density at radius 1 is 0.947 bits per heavy atom. The van der Waals surface area contributed by atoms with Crippen molar-refractivity contribution in [1.29, 1.82) is 0 Å². The second-order valence-electron chi connectivity index (χ2n) is 9.07. The van der Waals surface area contributed by atoms with E-state index in [0.29, 0.717) is 0 Å². The first kappa shape index (κ1) is 26.8. The zero-order valence-corrected chi connectivity index (χ0v) is 22.5. The van der Waals surface area contributed by atoms with Crippen molar-refractivity contribution in [3.63, 3.8) is 0 Å². The van der Waals surface area contributed by atoms with Crippen molar-refractivity contribution in [3.05, 3.63) is 113 Å². The molecule has 4 aromatic rings. The van der Waals surface area contributed by atoms with Crippen LogP contribution in [0.15, 0.2) is 88.9 Å². The van der Waals surface area contributed by atoms with Gasteiger partial charge in [-0.25, -0.2) is 18.2 Å². The lowest BCUT2D eigenvalue weighted by Crippen LogP contribution is -2.40. The number of carbonyl (C=O) groups is 1. The van der Waals surface area contributed by atoms with Gasteiger partial charge in [-0.1, -0.05) is 42.0 Å². The summed E-state index contributed by atoms with van der Waals surface area (Å²) < 4.78 is 44.3. The maximum Gasteiger partial charge on any atom is 0.264 e. The van der Waals surface area contributed by atoms with Gasteiger partial charge in [0.2, 0.25) is 0 Å². The van der Waals surface area contributed by atoms with E-state index in [9.17, 15) is 17.6 Å². The van der Waals surface area contributed by atoms with Crippen LogP contribution >= 0.6 is 0 Å². The minimum atomic E-state index is -4.23. The van der Waals surface area contributed by atoms with Crippen molar-refractivity contribution < 1.29 is 17.6 Å². The zero-order chi connectivity index (χ0) is 27.4. The molecule has 4 rings (SSSR count). The molecule has 38 heavy (non-hydrogen) atoms. The average molecular weight is 533 g/mol. The third kappa shape index (κ3) is 5.68. The van der Waals surface area contributed by atoms with E-state index >= 15 is 0 Å². The van der Waals surface area contributed by atoms with Crippen LogP contribution in [0, 0.1) is 33.5 Å². The van der Waals surface area contributed by atoms with E-state index in [1.807, 2.05) is 52.0 Å². The minimum absolute atomic E-state index is 0.0498. The van der Waals surface area contributed by atoms with Gasteiger partial charge >= 0.3 is 0 Å². The van der Waals surface area contributed by atoms with E-state index in [1.54, 1.807) is 12.1 Å². The number of aryl methyl sites for hydroxylation is 3. The number of benzene rings is 3. The quantitative estimate of drug-likeness (QED) is 0.250. The third-order valence-electron chi connectivity index (χ3n) is 6.14. The van der Waals surface area contributed by atoms with Crippen LogP contribution in [0.5, 0.6) is 0 Å². The fourth-order valence-electron chi connectivity index (χ4n) is 4.21. The number of nitrogens with zero attached hydrogens (tertiary/aromatic N) is 3. The molecule has 0 spiro atoms. The number of hydrazone groups is 1. The molecule has 9 heteroatoms. The van der Waals surface area contributed by atoms with E-state index in [-0.39, 0.29) is 10.6 Å². The fraction of sp³-hybridized carbons (Fsp3) is 0.172. The van der Waals surface area contributed by atoms with Gasteiger partial charge in [0, 0.05) is 22.6 Å². The molecule has 7 nitrogen and oxygen atoms in total. The standard InChI is InChI=1S/C29H29FN4O3S/c1-20-12-14-26(15-13-20)38(36,37)33(28-11-6-5-10-27(28)30)19-29(35)32-31-18-24-17-22(3)34(23(24)4)25-9-7-8-21(2)16-25/h5-18H,19H2,1-4H3,(H,32,35)/b31-18-. The predicted molar refractivity (Wildman–Crippen MR) is 148 cm³/mol. The molecule has 0 unspecified atom stereocenters. The van der Waals surface area contributed by atoms with Gasteiger partial charge in [0.25, 0.3) is 15.9 Å². The Kier molecular flexibility index (Phi) is 7.78. The maximum absolute atomic E-state index is 14.7. The summed E-state index contributed by atoms with van der Waals surface area (Å²) in [4.78, 5) is 12.8. The molecule has 0 saturated carbocycles. The second-order valence-corrected chi connectivity index (χ2v) is 10.9. The molecule has 3 aromatic carbocycles. The number of sulfonamides is 1. The van der Waals surface area contributed by atoms with E-state index in [1.165, 1.54) is 36.5 Å². The lowest BCUT2D eigenvalue weighted by atomic mass is 10.2. The van der Waals surface area contributed by atoms with Crippen LogP contribution in [0.1, 0.15) is 28.1 Å². The molecular weight excluding hydrogens is 503 g/mol. The second kappa shape index (κ2) is 11.0. The Balaban J connectivity index is 1.56. The summed E-state index contributed by atoms with van der Waals surface area (Å²) >= 11 is 0. The molecule has 1 N–H and O–H groups in total. The van der Waals surface area contributed by atoms with Crippen LogP contribution in [0.2, 0.25) is 0 Å². The molecule has 0 aliphatic rings. The van der Waals surface area contributed by atoms with Gasteiger partial charge in [-0.15, -0.1) is 0 Å². The van der Waals surface area contributed by atoms with E-state index < -0.39 is 28.3 Å². The average Bonchev–Trinajstić information content (AvgIpc) is 3.16. The molecule has 0 aliphatic heterocycles. The van der Waals surface area contributed by atoms with Crippen molar-refractivity contribution in [3.8, 4) is 5.69 Å². The van der Waals surface area contributed by atoms with Gasteiger partial charge in [-0.2, -0.15) is 5.10 Å². The lowest BCUT2D eigenvalue weighted by Gasteiger charge is -2.24. The number of rotatable bonds is 8. The van der Waals surface area contributed by atoms with Crippen molar-refractivity contribution in [2.45, 2.75) is 32.6 Å². The summed E-state index contributed by atoms with van der Waals surface area (Å²) in [5.41, 5.74) is 7.90. The number of para-hydroxylation sites is 1. The molecule has 196 valence electrons. The summed E-state index contributed by atoms with van der Waals surface area (Å²) in [5.74, 6) is -1.48. The van der Waals surface area contributed by atoms with Gasteiger partial charge in [0.05, 0.1) is 16.8 Å². The number of hydrogen-bond acceptors (Lipinski definition) is 4. The van der Waals surface area contributed by atoms with Crippen molar-refractivity contribution in [2.75, 3.05) is 10.8 Å². The Labute approximate surface area is 222 Å². The molecule has 0 aliphatic carbocycles. The first-order chi connectivity index (χ1) is 18.1. The normalized spacial score (nSPS) is 11.6. The summed E-state index contributed by atoms with van der Waals surface area (Å²) in [6.07, 6.45) is 1.51. The Morgan fingerprint density at radius 2 is 1.66 bits per heavy atom. The van der Waals surface area contributed by atoms with Crippen LogP contribution < -0.4 is 9.73 Å². The van der Waals surface area contributed by atoms with E-state index in [0.717, 1.165) is 44.1 Å². The summed E-state index contributed by atoms with van der Waals surface area (Å²) in [6.45, 7) is 7.13. The van der Waals surface area contributed by atoms with Gasteiger partial charge in [0.15, 0.2) is 0 Å². The topological polar surface area (TPSA) is 83.8 Å². The first-order valence-electron chi connectivity index (χ1n) is 12.0. The highest BCUT2D eigenvalue weighted by molar-refractivity contribution is 7.92. The molecule has 1 amide bonds. The van der Waals surface area contributed by atoms with Gasteiger partial charge < -0.3 is 4.57 Å². The van der Waals surface area contributed by atoms with Crippen LogP contribution in [0.25, 0.3) is 5.69 Å². The van der Waals surface area contributed by atoms with Crippen LogP contribution in [-0.4, -0.2) is 31.7 Å². The number of amides is 1. The van der Waals surface area contributed by atoms with Gasteiger partial charge in [-0.3, -0.25) is 9.10 Å². The maximum atomic E-state index is 14.7. The third-order valence-corrected chi connectivity index (χ3v) is 7.91. The number of nitrogens with one attached hydrogen (secondary N) is 1. The van der Waals surface area contributed by atoms with Crippen LogP contribution in [0.4, 0.5) is 10.1 Å². The number of carbonyl (C=O) groups excluding carboxylic acids is 1. The number of anilines is 1. The van der Waals surface area contributed by atoms with Crippen LogP contribution in [-0.2, 0) is 14.8 Å². The SMILES string of the molecule is Cc1ccc(S(=O)(=O)N(CC(=O)N/N=C\c2cc(C)n(-c3cccc(C)c3)c2C)c2ccccc2F)cc1. The molecule has 1 aromatic heterocycles. The Bertz CT molecular complexity index is 1610. The van der Waals surface area contributed by atoms with Gasteiger partial charge in [-0.05, 0) is 75.7 Å². The number of hydrogen-bond donors (Lipinski definition) is 1.